The second kappa shape index (κ2) is 13.3. The maximum absolute atomic E-state index is 11.6. The summed E-state index contributed by atoms with van der Waals surface area (Å²) in [7, 11) is 1.58. The number of methoxy groups -OCH3 is 1. The number of aliphatic hydroxyl groups is 3. The van der Waals surface area contributed by atoms with Crippen LogP contribution in [0.1, 0.15) is 43.4 Å². The fourth-order valence-electron chi connectivity index (χ4n) is 6.08. The molecule has 0 saturated carbocycles. The van der Waals surface area contributed by atoms with Crippen LogP contribution in [0.2, 0.25) is 0 Å². The summed E-state index contributed by atoms with van der Waals surface area (Å²) in [6.45, 7) is 5.79. The van der Waals surface area contributed by atoms with Gasteiger partial charge in [0.2, 0.25) is 12.0 Å². The molecule has 0 aliphatic carbocycles. The predicted octanol–water partition coefficient (Wildman–Crippen LogP) is 3.21. The molecule has 5 N–H and O–H groups in total. The van der Waals surface area contributed by atoms with E-state index in [2.05, 4.69) is 19.2 Å². The molecule has 3 aromatic carbocycles. The predicted molar refractivity (Wildman–Crippen MR) is 164 cm³/mol. The van der Waals surface area contributed by atoms with Crippen molar-refractivity contribution in [2.75, 3.05) is 27.0 Å². The molecule has 246 valence electrons. The van der Waals surface area contributed by atoms with Crippen LogP contribution in [-0.4, -0.2) is 84.1 Å². The van der Waals surface area contributed by atoms with E-state index in [1.165, 1.54) is 0 Å². The summed E-state index contributed by atoms with van der Waals surface area (Å²) in [6.07, 6.45) is -8.12. The number of hydrogen-bond acceptors (Lipinski definition) is 11. The van der Waals surface area contributed by atoms with Gasteiger partial charge in [0.1, 0.15) is 42.6 Å². The molecule has 0 radical (unpaired) electrons. The summed E-state index contributed by atoms with van der Waals surface area (Å²) in [5.41, 5.74) is 3.26. The number of carbonyl (C=O) groups is 1. The number of aliphatic carboxylic acids is 1. The average Bonchev–Trinajstić information content (AvgIpc) is 3.43. The Morgan fingerprint density at radius 3 is 2.54 bits per heavy atom. The van der Waals surface area contributed by atoms with Crippen molar-refractivity contribution in [2.24, 2.45) is 5.92 Å². The molecule has 7 atom stereocenters. The SMILES string of the molecule is COc1c(OCNCCC(C)C)ccc2c1OC1c3c(cc(OC4OC(C(=O)O)C(O)C(O)C4O)cc3-c3ccccc3)OCC21. The molecule has 0 aromatic heterocycles. The van der Waals surface area contributed by atoms with E-state index >= 15 is 0 Å². The lowest BCUT2D eigenvalue weighted by molar-refractivity contribution is -0.271. The number of carboxylic acids is 1. The van der Waals surface area contributed by atoms with Crippen LogP contribution >= 0.6 is 0 Å². The first-order valence-electron chi connectivity index (χ1n) is 15.3. The molecule has 46 heavy (non-hydrogen) atoms. The normalized spacial score (nSPS) is 26.3. The molecule has 12 nitrogen and oxygen atoms in total. The van der Waals surface area contributed by atoms with Crippen molar-refractivity contribution >= 4 is 5.97 Å². The van der Waals surface area contributed by atoms with Gasteiger partial charge in [-0.25, -0.2) is 4.79 Å². The van der Waals surface area contributed by atoms with Crippen molar-refractivity contribution in [3.05, 3.63) is 65.7 Å². The molecule has 0 bridgehead atoms. The van der Waals surface area contributed by atoms with Gasteiger partial charge in [-0.05, 0) is 42.1 Å². The summed E-state index contributed by atoms with van der Waals surface area (Å²) in [4.78, 5) is 11.6. The Kier molecular flexibility index (Phi) is 9.25. The Labute approximate surface area is 266 Å². The Balaban J connectivity index is 1.31. The highest BCUT2D eigenvalue weighted by Crippen LogP contribution is 2.58. The molecule has 12 heteroatoms. The number of carboxylic acid groups (broad SMARTS) is 1. The monoisotopic (exact) mass is 637 g/mol. The molecule has 3 aliphatic heterocycles. The number of hydrogen-bond donors (Lipinski definition) is 5. The zero-order chi connectivity index (χ0) is 32.5. The molecular weight excluding hydrogens is 598 g/mol. The largest absolute Gasteiger partial charge is 0.492 e. The molecule has 0 amide bonds. The van der Waals surface area contributed by atoms with Gasteiger partial charge in [0, 0.05) is 17.2 Å². The third kappa shape index (κ3) is 6.06. The fourth-order valence-corrected chi connectivity index (χ4v) is 6.08. The van der Waals surface area contributed by atoms with Crippen molar-refractivity contribution in [1.82, 2.24) is 5.32 Å². The van der Waals surface area contributed by atoms with Gasteiger partial charge in [0.25, 0.3) is 0 Å². The standard InChI is InChI=1S/C34H39NO11/c1-17(2)11-12-35-16-43-23-10-9-20-22-15-42-24-14-19(44-34-28(38)26(36)27(37)32(46-34)33(39)40)13-21(18-7-5-4-6-8-18)25(24)29(22)45-30(20)31(23)41-3/h4-10,13-14,17,22,26-29,32,34-38H,11-12,15-16H2,1-3H3,(H,39,40). The van der Waals surface area contributed by atoms with Crippen LogP contribution in [0.4, 0.5) is 0 Å². The lowest BCUT2D eigenvalue weighted by Crippen LogP contribution is -2.61. The molecule has 3 aromatic rings. The van der Waals surface area contributed by atoms with Gasteiger partial charge in [-0.15, -0.1) is 0 Å². The fraction of sp³-hybridized carbons (Fsp3) is 0.441. The summed E-state index contributed by atoms with van der Waals surface area (Å²) in [6, 6.07) is 16.7. The highest BCUT2D eigenvalue weighted by molar-refractivity contribution is 5.75. The van der Waals surface area contributed by atoms with Gasteiger partial charge in [-0.2, -0.15) is 0 Å². The minimum Gasteiger partial charge on any atom is -0.492 e. The van der Waals surface area contributed by atoms with Gasteiger partial charge >= 0.3 is 5.97 Å². The van der Waals surface area contributed by atoms with Crippen molar-refractivity contribution in [2.45, 2.75) is 63.0 Å². The molecule has 0 spiro atoms. The number of benzene rings is 3. The van der Waals surface area contributed by atoms with Gasteiger partial charge in [0.15, 0.2) is 17.6 Å². The third-order valence-electron chi connectivity index (χ3n) is 8.52. The summed E-state index contributed by atoms with van der Waals surface area (Å²) < 4.78 is 36.0. The molecule has 1 fully saturated rings. The van der Waals surface area contributed by atoms with Crippen LogP contribution in [0.25, 0.3) is 11.1 Å². The van der Waals surface area contributed by atoms with Crippen LogP contribution < -0.4 is 29.0 Å². The second-order valence-electron chi connectivity index (χ2n) is 12.0. The van der Waals surface area contributed by atoms with E-state index in [0.29, 0.717) is 35.6 Å². The van der Waals surface area contributed by atoms with Gasteiger partial charge in [-0.1, -0.05) is 50.2 Å². The molecule has 1 saturated heterocycles. The lowest BCUT2D eigenvalue weighted by Gasteiger charge is -2.38. The van der Waals surface area contributed by atoms with Crippen LogP contribution in [0.3, 0.4) is 0 Å². The van der Waals surface area contributed by atoms with Gasteiger partial charge in [-0.3, -0.25) is 5.32 Å². The van der Waals surface area contributed by atoms with E-state index in [1.54, 1.807) is 19.2 Å². The van der Waals surface area contributed by atoms with Crippen molar-refractivity contribution in [3.8, 4) is 39.9 Å². The van der Waals surface area contributed by atoms with Crippen LogP contribution in [0, 0.1) is 5.92 Å². The van der Waals surface area contributed by atoms with Crippen molar-refractivity contribution in [1.29, 1.82) is 0 Å². The quantitative estimate of drug-likeness (QED) is 0.154. The van der Waals surface area contributed by atoms with Crippen molar-refractivity contribution in [3.63, 3.8) is 0 Å². The summed E-state index contributed by atoms with van der Waals surface area (Å²) >= 11 is 0. The van der Waals surface area contributed by atoms with Crippen LogP contribution in [0.5, 0.6) is 28.7 Å². The third-order valence-corrected chi connectivity index (χ3v) is 8.52. The number of nitrogens with one attached hydrogen (secondary N) is 1. The smallest absolute Gasteiger partial charge is 0.335 e. The zero-order valence-corrected chi connectivity index (χ0v) is 25.8. The zero-order valence-electron chi connectivity index (χ0n) is 25.8. The van der Waals surface area contributed by atoms with E-state index in [1.807, 2.05) is 42.5 Å². The number of aliphatic hydroxyl groups excluding tert-OH is 3. The number of ether oxygens (including phenoxy) is 6. The first kappa shape index (κ1) is 31.9. The summed E-state index contributed by atoms with van der Waals surface area (Å²) in [5.74, 6) is 1.24. The molecule has 7 unspecified atom stereocenters. The Bertz CT molecular complexity index is 1550. The minimum atomic E-state index is -1.83. The molecule has 3 heterocycles. The van der Waals surface area contributed by atoms with Crippen LogP contribution in [-0.2, 0) is 9.53 Å². The maximum Gasteiger partial charge on any atom is 0.335 e. The molecular formula is C34H39NO11. The lowest BCUT2D eigenvalue weighted by atomic mass is 9.85. The van der Waals surface area contributed by atoms with Crippen molar-refractivity contribution < 1.29 is 53.6 Å². The van der Waals surface area contributed by atoms with Gasteiger partial charge < -0.3 is 48.8 Å². The Morgan fingerprint density at radius 2 is 1.83 bits per heavy atom. The number of rotatable bonds is 11. The number of fused-ring (bicyclic) bond motifs is 5. The van der Waals surface area contributed by atoms with Gasteiger partial charge in [0.05, 0.1) is 19.6 Å². The van der Waals surface area contributed by atoms with E-state index in [-0.39, 0.29) is 18.3 Å². The maximum atomic E-state index is 11.6. The topological polar surface area (TPSA) is 165 Å². The molecule has 6 rings (SSSR count). The van der Waals surface area contributed by atoms with Crippen LogP contribution in [0.15, 0.2) is 54.6 Å². The van der Waals surface area contributed by atoms with E-state index in [0.717, 1.165) is 35.2 Å². The summed E-state index contributed by atoms with van der Waals surface area (Å²) in [5, 5.41) is 43.7. The second-order valence-corrected chi connectivity index (χ2v) is 12.0. The van der Waals surface area contributed by atoms with E-state index in [9.17, 15) is 25.2 Å². The first-order valence-corrected chi connectivity index (χ1v) is 15.3. The Hall–Kier alpha value is -4.07. The minimum absolute atomic E-state index is 0.152. The van der Waals surface area contributed by atoms with E-state index in [4.69, 9.17) is 28.4 Å². The highest BCUT2D eigenvalue weighted by Gasteiger charge is 2.49. The first-order chi connectivity index (χ1) is 22.2. The Morgan fingerprint density at radius 1 is 1.04 bits per heavy atom. The highest BCUT2D eigenvalue weighted by atomic mass is 16.7. The molecule has 3 aliphatic rings. The average molecular weight is 638 g/mol. The van der Waals surface area contributed by atoms with E-state index < -0.39 is 42.8 Å².